The number of Topliss-reactive ketones (excluding diaryl/α,β-unsaturated/α-hetero) is 1. The molecule has 2 heterocycles. The molecule has 0 saturated heterocycles. The molecule has 1 aromatic carbocycles. The maximum atomic E-state index is 12.1. The van der Waals surface area contributed by atoms with E-state index in [0.29, 0.717) is 62.3 Å². The van der Waals surface area contributed by atoms with Crippen molar-refractivity contribution in [2.45, 2.75) is 0 Å². The molecule has 2 aliphatic rings. The van der Waals surface area contributed by atoms with Gasteiger partial charge in [0.05, 0.1) is 31.1 Å². The summed E-state index contributed by atoms with van der Waals surface area (Å²) >= 11 is 0. The highest BCUT2D eigenvalue weighted by atomic mass is 16.6. The third-order valence-electron chi connectivity index (χ3n) is 3.53. The number of fused-ring (bicyclic) bond motifs is 2. The molecule has 0 radical (unpaired) electrons. The maximum absolute atomic E-state index is 12.1. The van der Waals surface area contributed by atoms with E-state index in [1.54, 1.807) is 19.2 Å². The normalized spacial score (nSPS) is 16.1. The van der Waals surface area contributed by atoms with Crippen molar-refractivity contribution in [3.05, 3.63) is 17.7 Å². The van der Waals surface area contributed by atoms with Gasteiger partial charge in [0.25, 0.3) is 11.7 Å². The van der Waals surface area contributed by atoms with Gasteiger partial charge in [0.2, 0.25) is 0 Å². The second-order valence-corrected chi connectivity index (χ2v) is 4.90. The molecule has 0 aromatic heterocycles. The number of carbonyl (C=O) groups is 2. The molecule has 22 heavy (non-hydrogen) atoms. The zero-order valence-corrected chi connectivity index (χ0v) is 12.3. The molecule has 1 aromatic rings. The van der Waals surface area contributed by atoms with Gasteiger partial charge < -0.3 is 23.8 Å². The van der Waals surface area contributed by atoms with Gasteiger partial charge in [-0.3, -0.25) is 9.59 Å². The standard InChI is InChI=1S/C15H17NO6/c1-19-4-5-20-3-2-16-11-9-13-12(21-6-7-22-13)8-10(11)14(17)15(16)18/h8-9H,2-7H2,1H3. The van der Waals surface area contributed by atoms with Gasteiger partial charge in [-0.2, -0.15) is 0 Å². The van der Waals surface area contributed by atoms with E-state index in [9.17, 15) is 9.59 Å². The van der Waals surface area contributed by atoms with E-state index in [2.05, 4.69) is 0 Å². The summed E-state index contributed by atoms with van der Waals surface area (Å²) in [7, 11) is 1.59. The smallest absolute Gasteiger partial charge is 0.299 e. The first-order valence-corrected chi connectivity index (χ1v) is 7.09. The van der Waals surface area contributed by atoms with Crippen LogP contribution in [0, 0.1) is 0 Å². The van der Waals surface area contributed by atoms with E-state index in [1.807, 2.05) is 0 Å². The van der Waals surface area contributed by atoms with Crippen molar-refractivity contribution in [3.63, 3.8) is 0 Å². The topological polar surface area (TPSA) is 74.3 Å². The quantitative estimate of drug-likeness (QED) is 0.567. The van der Waals surface area contributed by atoms with Crippen molar-refractivity contribution in [2.24, 2.45) is 0 Å². The summed E-state index contributed by atoms with van der Waals surface area (Å²) in [6.45, 7) is 2.46. The van der Waals surface area contributed by atoms with Crippen LogP contribution < -0.4 is 14.4 Å². The zero-order valence-electron chi connectivity index (χ0n) is 12.3. The summed E-state index contributed by atoms with van der Waals surface area (Å²) in [5, 5.41) is 0. The molecule has 7 heteroatoms. The molecule has 0 atom stereocenters. The predicted molar refractivity (Wildman–Crippen MR) is 76.8 cm³/mol. The van der Waals surface area contributed by atoms with Gasteiger partial charge in [-0.15, -0.1) is 0 Å². The number of ether oxygens (including phenoxy) is 4. The van der Waals surface area contributed by atoms with E-state index in [-0.39, 0.29) is 0 Å². The van der Waals surface area contributed by atoms with Crippen LogP contribution in [0.4, 0.5) is 5.69 Å². The average molecular weight is 307 g/mol. The maximum Gasteiger partial charge on any atom is 0.299 e. The van der Waals surface area contributed by atoms with Gasteiger partial charge in [0, 0.05) is 19.7 Å². The number of hydrogen-bond acceptors (Lipinski definition) is 6. The molecule has 0 unspecified atom stereocenters. The second kappa shape index (κ2) is 6.33. The number of ketones is 1. The Morgan fingerprint density at radius 2 is 1.82 bits per heavy atom. The molecule has 0 bridgehead atoms. The molecule has 0 saturated carbocycles. The van der Waals surface area contributed by atoms with Crippen molar-refractivity contribution in [1.82, 2.24) is 0 Å². The molecular formula is C15H17NO6. The van der Waals surface area contributed by atoms with Gasteiger partial charge in [0.15, 0.2) is 11.5 Å². The van der Waals surface area contributed by atoms with Crippen LogP contribution in [0.5, 0.6) is 11.5 Å². The monoisotopic (exact) mass is 307 g/mol. The third-order valence-corrected chi connectivity index (χ3v) is 3.53. The van der Waals surface area contributed by atoms with E-state index in [0.717, 1.165) is 0 Å². The van der Waals surface area contributed by atoms with E-state index < -0.39 is 11.7 Å². The fourth-order valence-corrected chi connectivity index (χ4v) is 2.45. The lowest BCUT2D eigenvalue weighted by atomic mass is 10.1. The number of nitrogens with zero attached hydrogens (tertiary/aromatic N) is 1. The lowest BCUT2D eigenvalue weighted by molar-refractivity contribution is -0.114. The van der Waals surface area contributed by atoms with E-state index >= 15 is 0 Å². The summed E-state index contributed by atoms with van der Waals surface area (Å²) in [6, 6.07) is 3.26. The first kappa shape index (κ1) is 14.8. The molecular weight excluding hydrogens is 290 g/mol. The zero-order chi connectivity index (χ0) is 15.5. The Kier molecular flexibility index (Phi) is 4.26. The van der Waals surface area contributed by atoms with Crippen LogP contribution in [0.25, 0.3) is 0 Å². The number of methoxy groups -OCH3 is 1. The molecule has 0 spiro atoms. The van der Waals surface area contributed by atoms with Crippen molar-refractivity contribution in [1.29, 1.82) is 0 Å². The second-order valence-electron chi connectivity index (χ2n) is 4.90. The number of rotatable bonds is 6. The number of carbonyl (C=O) groups excluding carboxylic acids is 2. The molecule has 7 nitrogen and oxygen atoms in total. The first-order chi connectivity index (χ1) is 10.7. The van der Waals surface area contributed by atoms with Crippen LogP contribution in [0.15, 0.2) is 12.1 Å². The van der Waals surface area contributed by atoms with E-state index in [1.165, 1.54) is 4.90 Å². The van der Waals surface area contributed by atoms with Crippen LogP contribution in [0.3, 0.4) is 0 Å². The van der Waals surface area contributed by atoms with Crippen LogP contribution >= 0.6 is 0 Å². The summed E-state index contributed by atoms with van der Waals surface area (Å²) in [5.74, 6) is -0.0151. The van der Waals surface area contributed by atoms with Crippen molar-refractivity contribution in [2.75, 3.05) is 51.6 Å². The van der Waals surface area contributed by atoms with Crippen LogP contribution in [-0.2, 0) is 14.3 Å². The number of anilines is 1. The number of amides is 1. The number of benzene rings is 1. The molecule has 3 rings (SSSR count). The van der Waals surface area contributed by atoms with E-state index in [4.69, 9.17) is 18.9 Å². The van der Waals surface area contributed by atoms with Crippen molar-refractivity contribution in [3.8, 4) is 11.5 Å². The van der Waals surface area contributed by atoms with Gasteiger partial charge in [-0.1, -0.05) is 0 Å². The van der Waals surface area contributed by atoms with Crippen molar-refractivity contribution >= 4 is 17.4 Å². The SMILES string of the molecule is COCCOCCN1C(=O)C(=O)c2cc3c(cc21)OCCO3. The Bertz CT molecular complexity index is 600. The molecule has 0 fully saturated rings. The Morgan fingerprint density at radius 1 is 1.09 bits per heavy atom. The minimum Gasteiger partial charge on any atom is -0.486 e. The Labute approximate surface area is 127 Å². The largest absolute Gasteiger partial charge is 0.486 e. The average Bonchev–Trinajstić information content (AvgIpc) is 2.77. The Hall–Kier alpha value is -2.12. The highest BCUT2D eigenvalue weighted by Gasteiger charge is 2.37. The number of hydrogen-bond donors (Lipinski definition) is 0. The Balaban J connectivity index is 1.76. The fourth-order valence-electron chi connectivity index (χ4n) is 2.45. The lowest BCUT2D eigenvalue weighted by Crippen LogP contribution is -2.33. The summed E-state index contributed by atoms with van der Waals surface area (Å²) in [6.07, 6.45) is 0. The lowest BCUT2D eigenvalue weighted by Gasteiger charge is -2.21. The molecule has 2 aliphatic heterocycles. The Morgan fingerprint density at radius 3 is 2.55 bits per heavy atom. The van der Waals surface area contributed by atoms with Gasteiger partial charge in [0.1, 0.15) is 13.2 Å². The van der Waals surface area contributed by atoms with Crippen LogP contribution in [-0.4, -0.2) is 58.4 Å². The summed E-state index contributed by atoms with van der Waals surface area (Å²) in [5.41, 5.74) is 0.903. The third kappa shape index (κ3) is 2.65. The van der Waals surface area contributed by atoms with Crippen LogP contribution in [0.1, 0.15) is 10.4 Å². The van der Waals surface area contributed by atoms with Gasteiger partial charge >= 0.3 is 0 Å². The van der Waals surface area contributed by atoms with Gasteiger partial charge in [-0.25, -0.2) is 0 Å². The summed E-state index contributed by atoms with van der Waals surface area (Å²) < 4.78 is 21.2. The highest BCUT2D eigenvalue weighted by Crippen LogP contribution is 2.40. The fraction of sp³-hybridized carbons (Fsp3) is 0.467. The van der Waals surface area contributed by atoms with Crippen molar-refractivity contribution < 1.29 is 28.5 Å². The predicted octanol–water partition coefficient (Wildman–Crippen LogP) is 0.650. The van der Waals surface area contributed by atoms with Gasteiger partial charge in [-0.05, 0) is 6.07 Å². The minimum absolute atomic E-state index is 0.306. The molecule has 0 N–H and O–H groups in total. The minimum atomic E-state index is -0.548. The van der Waals surface area contributed by atoms with Crippen LogP contribution in [0.2, 0.25) is 0 Å². The highest BCUT2D eigenvalue weighted by molar-refractivity contribution is 6.52. The summed E-state index contributed by atoms with van der Waals surface area (Å²) in [4.78, 5) is 25.6. The molecule has 1 amide bonds. The first-order valence-electron chi connectivity index (χ1n) is 7.09. The molecule has 0 aliphatic carbocycles. The molecule has 118 valence electrons.